The van der Waals surface area contributed by atoms with Crippen LogP contribution < -0.4 is 0 Å². The second-order valence-corrected chi connectivity index (χ2v) is 4.73. The Labute approximate surface area is 137 Å². The van der Waals surface area contributed by atoms with Crippen molar-refractivity contribution in [3.05, 3.63) is 34.9 Å². The molecular formula is C12H11ClF4N4O3. The number of aromatic carboxylic acids is 1. The molecule has 132 valence electrons. The first kappa shape index (κ1) is 19.6. The van der Waals surface area contributed by atoms with Gasteiger partial charge in [0.2, 0.25) is 0 Å². The molecule has 1 N–H and O–H groups in total. The Morgan fingerprint density at radius 1 is 1.00 bits per heavy atom. The number of alkyl halides is 4. The summed E-state index contributed by atoms with van der Waals surface area (Å²) in [6, 6.07) is 0. The first-order valence-corrected chi connectivity index (χ1v) is 6.48. The average Bonchev–Trinajstić information content (AvgIpc) is 3.03. The Hall–Kier alpha value is -2.43. The third kappa shape index (κ3) is 4.78. The van der Waals surface area contributed by atoms with Crippen molar-refractivity contribution in [3.8, 4) is 0 Å². The summed E-state index contributed by atoms with van der Waals surface area (Å²) in [5.41, 5.74) is -1.95. The van der Waals surface area contributed by atoms with Gasteiger partial charge in [-0.3, -0.25) is 14.2 Å². The summed E-state index contributed by atoms with van der Waals surface area (Å²) < 4.78 is 50.5. The molecule has 2 heterocycles. The maximum absolute atomic E-state index is 12.1. The number of nitrogens with zero attached hydrogens (tertiary/aromatic N) is 4. The number of aromatic nitrogens is 4. The zero-order valence-electron chi connectivity index (χ0n) is 12.3. The smallest absolute Gasteiger partial charge is 0.339 e. The number of hydrogen-bond acceptors (Lipinski definition) is 4. The van der Waals surface area contributed by atoms with Gasteiger partial charge in [0.15, 0.2) is 0 Å². The van der Waals surface area contributed by atoms with E-state index in [1.54, 1.807) is 0 Å². The predicted molar refractivity (Wildman–Crippen MR) is 73.5 cm³/mol. The Kier molecular flexibility index (Phi) is 6.46. The molecule has 0 atom stereocenters. The van der Waals surface area contributed by atoms with Gasteiger partial charge in [0.25, 0.3) is 18.1 Å². The van der Waals surface area contributed by atoms with Crippen LogP contribution in [0, 0.1) is 0 Å². The van der Waals surface area contributed by atoms with Crippen molar-refractivity contribution in [3.63, 3.8) is 0 Å². The molecule has 0 aliphatic rings. The first-order valence-electron chi connectivity index (χ1n) is 6.11. The molecule has 0 unspecified atom stereocenters. The Morgan fingerprint density at radius 3 is 1.62 bits per heavy atom. The largest absolute Gasteiger partial charge is 0.478 e. The average molecular weight is 371 g/mol. The molecule has 24 heavy (non-hydrogen) atoms. The van der Waals surface area contributed by atoms with Crippen LogP contribution in [0.15, 0.2) is 12.4 Å². The Morgan fingerprint density at radius 2 is 1.38 bits per heavy atom. The van der Waals surface area contributed by atoms with E-state index >= 15 is 0 Å². The fraction of sp³-hybridized carbons (Fsp3) is 0.333. The molecular weight excluding hydrogens is 360 g/mol. The maximum Gasteiger partial charge on any atom is 0.339 e. The number of hydrogen-bond donors (Lipinski definition) is 1. The molecule has 0 aliphatic heterocycles. The molecule has 2 rings (SSSR count). The van der Waals surface area contributed by atoms with E-state index in [2.05, 4.69) is 10.2 Å². The van der Waals surface area contributed by atoms with Gasteiger partial charge in [-0.2, -0.15) is 10.2 Å². The van der Waals surface area contributed by atoms with Gasteiger partial charge in [-0.15, -0.1) is 0 Å². The second kappa shape index (κ2) is 7.90. The van der Waals surface area contributed by atoms with Crippen LogP contribution in [0.4, 0.5) is 17.6 Å². The van der Waals surface area contributed by atoms with Gasteiger partial charge in [-0.05, 0) is 11.6 Å². The summed E-state index contributed by atoms with van der Waals surface area (Å²) in [5, 5.41) is 14.2. The highest BCUT2D eigenvalue weighted by atomic mass is 35.5. The van der Waals surface area contributed by atoms with Crippen LogP contribution in [0.1, 0.15) is 45.0 Å². The predicted octanol–water partition coefficient (Wildman–Crippen LogP) is 2.79. The normalized spacial score (nSPS) is 10.7. The van der Waals surface area contributed by atoms with Crippen LogP contribution in [-0.4, -0.2) is 35.9 Å². The number of carbonyl (C=O) groups is 2. The molecule has 7 nitrogen and oxygen atoms in total. The third-order valence-corrected chi connectivity index (χ3v) is 2.77. The molecule has 0 aliphatic carbocycles. The third-order valence-electron chi connectivity index (χ3n) is 2.57. The van der Waals surface area contributed by atoms with Crippen molar-refractivity contribution in [1.29, 1.82) is 0 Å². The van der Waals surface area contributed by atoms with E-state index in [0.29, 0.717) is 0 Å². The van der Waals surface area contributed by atoms with Crippen molar-refractivity contribution < 1.29 is 32.3 Å². The Bertz CT molecular complexity index is 682. The lowest BCUT2D eigenvalue weighted by molar-refractivity contribution is 0.0684. The summed E-state index contributed by atoms with van der Waals surface area (Å²) in [6.45, 7) is 0. The SMILES string of the molecule is Cn1cc(C(=O)Cl)c(C(F)F)n1.Cn1cc(C(=O)O)c(C(F)F)n1. The standard InChI is InChI=1S/C6H5ClF2N2O.C6H6F2N2O2/c1-11-2-3(5(7)12)4(10-11)6(8)9;1-10-2-3(6(11)12)4(9-10)5(7)8/h2,6H,1H3;2,5H,1H3,(H,11,12). The van der Waals surface area contributed by atoms with E-state index in [-0.39, 0.29) is 5.56 Å². The molecule has 0 aromatic carbocycles. The van der Waals surface area contributed by atoms with Gasteiger partial charge in [0.05, 0.1) is 5.56 Å². The fourth-order valence-corrected chi connectivity index (χ4v) is 1.80. The van der Waals surface area contributed by atoms with Crippen molar-refractivity contribution in [2.24, 2.45) is 14.1 Å². The van der Waals surface area contributed by atoms with Gasteiger partial charge in [-0.25, -0.2) is 22.4 Å². The van der Waals surface area contributed by atoms with Crippen LogP contribution in [0.5, 0.6) is 0 Å². The molecule has 0 saturated carbocycles. The molecule has 0 fully saturated rings. The van der Waals surface area contributed by atoms with Crippen LogP contribution in [0.25, 0.3) is 0 Å². The molecule has 2 aromatic rings. The monoisotopic (exact) mass is 370 g/mol. The number of rotatable bonds is 4. The Balaban J connectivity index is 0.000000240. The van der Waals surface area contributed by atoms with Gasteiger partial charge < -0.3 is 5.11 Å². The summed E-state index contributed by atoms with van der Waals surface area (Å²) >= 11 is 5.04. The molecule has 0 spiro atoms. The van der Waals surface area contributed by atoms with Crippen molar-refractivity contribution in [2.75, 3.05) is 0 Å². The van der Waals surface area contributed by atoms with Crippen molar-refractivity contribution in [1.82, 2.24) is 19.6 Å². The summed E-state index contributed by atoms with van der Waals surface area (Å²) in [5.74, 6) is -1.39. The fourth-order valence-electron chi connectivity index (χ4n) is 1.65. The minimum absolute atomic E-state index is 0.242. The van der Waals surface area contributed by atoms with Gasteiger partial charge >= 0.3 is 5.97 Å². The highest BCUT2D eigenvalue weighted by Crippen LogP contribution is 2.22. The van der Waals surface area contributed by atoms with Gasteiger partial charge in [0.1, 0.15) is 17.0 Å². The highest BCUT2D eigenvalue weighted by Gasteiger charge is 2.22. The molecule has 12 heteroatoms. The molecule has 0 radical (unpaired) electrons. The van der Waals surface area contributed by atoms with E-state index in [1.807, 2.05) is 0 Å². The summed E-state index contributed by atoms with van der Waals surface area (Å²) in [4.78, 5) is 20.9. The molecule has 0 amide bonds. The van der Waals surface area contributed by atoms with E-state index in [1.165, 1.54) is 14.1 Å². The van der Waals surface area contributed by atoms with Crippen LogP contribution in [-0.2, 0) is 14.1 Å². The quantitative estimate of drug-likeness (QED) is 0.660. The van der Waals surface area contributed by atoms with Crippen LogP contribution >= 0.6 is 11.6 Å². The summed E-state index contributed by atoms with van der Waals surface area (Å²) in [6.07, 6.45) is -3.41. The van der Waals surface area contributed by atoms with E-state index in [0.717, 1.165) is 21.8 Å². The van der Waals surface area contributed by atoms with Crippen molar-refractivity contribution >= 4 is 22.8 Å². The number of carboxylic acids is 1. The minimum atomic E-state index is -2.85. The van der Waals surface area contributed by atoms with Crippen LogP contribution in [0.3, 0.4) is 0 Å². The van der Waals surface area contributed by atoms with E-state index < -0.39 is 41.0 Å². The minimum Gasteiger partial charge on any atom is -0.478 e. The lowest BCUT2D eigenvalue weighted by Gasteiger charge is -1.93. The lowest BCUT2D eigenvalue weighted by Crippen LogP contribution is -1.99. The molecule has 0 saturated heterocycles. The zero-order chi connectivity index (χ0) is 18.6. The zero-order valence-corrected chi connectivity index (χ0v) is 13.0. The van der Waals surface area contributed by atoms with Crippen LogP contribution in [0.2, 0.25) is 0 Å². The van der Waals surface area contributed by atoms with Crippen molar-refractivity contribution in [2.45, 2.75) is 12.9 Å². The maximum atomic E-state index is 12.1. The topological polar surface area (TPSA) is 90.0 Å². The van der Waals surface area contributed by atoms with E-state index in [9.17, 15) is 27.2 Å². The van der Waals surface area contributed by atoms with E-state index in [4.69, 9.17) is 16.7 Å². The number of carboxylic acid groups (broad SMARTS) is 1. The number of carbonyl (C=O) groups excluding carboxylic acids is 1. The molecule has 2 aromatic heterocycles. The van der Waals surface area contributed by atoms with Gasteiger partial charge in [0, 0.05) is 26.5 Å². The first-order chi connectivity index (χ1) is 11.0. The highest BCUT2D eigenvalue weighted by molar-refractivity contribution is 6.67. The molecule has 0 bridgehead atoms. The summed E-state index contributed by atoms with van der Waals surface area (Å²) in [7, 11) is 2.83. The second-order valence-electron chi connectivity index (χ2n) is 4.38. The number of halogens is 5. The number of aryl methyl sites for hydroxylation is 2. The lowest BCUT2D eigenvalue weighted by atomic mass is 10.2. The van der Waals surface area contributed by atoms with Gasteiger partial charge in [-0.1, -0.05) is 0 Å².